The van der Waals surface area contributed by atoms with Crippen molar-refractivity contribution in [2.24, 2.45) is 5.92 Å². The second-order valence-electron chi connectivity index (χ2n) is 6.41. The maximum absolute atomic E-state index is 12.8. The number of hydrogen-bond donors (Lipinski definition) is 0. The Bertz CT molecular complexity index is 752. The van der Waals surface area contributed by atoms with E-state index >= 15 is 0 Å². The summed E-state index contributed by atoms with van der Waals surface area (Å²) in [5.41, 5.74) is 2.44. The van der Waals surface area contributed by atoms with E-state index in [2.05, 4.69) is 17.6 Å². The number of rotatable bonds is 7. The average molecular weight is 369 g/mol. The summed E-state index contributed by atoms with van der Waals surface area (Å²) in [6.07, 6.45) is 2.66. The predicted octanol–water partition coefficient (Wildman–Crippen LogP) is 3.95. The fourth-order valence-corrected chi connectivity index (χ4v) is 2.23. The SMILES string of the molecule is CC#CCN(C(=O)OCc1ccccc1)[C@@](C)(C=C=CC(C)C)C(=O)OC. The Morgan fingerprint density at radius 1 is 1.26 bits per heavy atom. The zero-order chi connectivity index (χ0) is 20.3. The van der Waals surface area contributed by atoms with Gasteiger partial charge in [-0.2, -0.15) is 0 Å². The third kappa shape index (κ3) is 6.69. The maximum Gasteiger partial charge on any atom is 0.412 e. The lowest BCUT2D eigenvalue weighted by atomic mass is 9.99. The van der Waals surface area contributed by atoms with Crippen LogP contribution in [0.2, 0.25) is 0 Å². The van der Waals surface area contributed by atoms with Gasteiger partial charge in [0.15, 0.2) is 5.54 Å². The lowest BCUT2D eigenvalue weighted by Gasteiger charge is -2.34. The predicted molar refractivity (Wildman–Crippen MR) is 105 cm³/mol. The number of nitrogens with zero attached hydrogens (tertiary/aromatic N) is 1. The average Bonchev–Trinajstić information content (AvgIpc) is 2.66. The fourth-order valence-electron chi connectivity index (χ4n) is 2.23. The topological polar surface area (TPSA) is 55.8 Å². The van der Waals surface area contributed by atoms with Crippen molar-refractivity contribution in [2.75, 3.05) is 13.7 Å². The van der Waals surface area contributed by atoms with Crippen molar-refractivity contribution in [3.05, 3.63) is 53.8 Å². The Kier molecular flexibility index (Phi) is 8.92. The molecule has 5 heteroatoms. The van der Waals surface area contributed by atoms with Gasteiger partial charge in [0.2, 0.25) is 0 Å². The molecule has 1 amide bonds. The molecule has 1 rings (SSSR count). The molecule has 0 radical (unpaired) electrons. The zero-order valence-corrected chi connectivity index (χ0v) is 16.6. The van der Waals surface area contributed by atoms with Gasteiger partial charge in [-0.05, 0) is 37.5 Å². The third-order valence-corrected chi connectivity index (χ3v) is 3.79. The number of ether oxygens (including phenoxy) is 2. The summed E-state index contributed by atoms with van der Waals surface area (Å²) >= 11 is 0. The molecule has 0 aliphatic rings. The van der Waals surface area contributed by atoms with Crippen LogP contribution < -0.4 is 0 Å². The largest absolute Gasteiger partial charge is 0.467 e. The maximum atomic E-state index is 12.8. The monoisotopic (exact) mass is 369 g/mol. The van der Waals surface area contributed by atoms with Crippen LogP contribution in [0.25, 0.3) is 0 Å². The molecule has 0 fully saturated rings. The number of benzene rings is 1. The first-order valence-electron chi connectivity index (χ1n) is 8.75. The van der Waals surface area contributed by atoms with E-state index in [1.807, 2.05) is 44.2 Å². The molecule has 144 valence electrons. The summed E-state index contributed by atoms with van der Waals surface area (Å²) in [5, 5.41) is 0. The van der Waals surface area contributed by atoms with Gasteiger partial charge in [0.05, 0.1) is 13.7 Å². The molecule has 0 saturated carbocycles. The van der Waals surface area contributed by atoms with Crippen molar-refractivity contribution in [1.82, 2.24) is 4.90 Å². The standard InChI is InChI=1S/C22H27NO4/c1-6-7-16-23(21(25)27-17-19-13-9-8-10-14-19)22(4,20(24)26-5)15-11-12-18(2)3/h8-10,12-15,18H,16-17H2,1-5H3/t11?,22-/m0/s1. The van der Waals surface area contributed by atoms with Crippen molar-refractivity contribution in [3.8, 4) is 11.8 Å². The van der Waals surface area contributed by atoms with Crippen LogP contribution in [-0.2, 0) is 20.9 Å². The first-order valence-corrected chi connectivity index (χ1v) is 8.75. The van der Waals surface area contributed by atoms with Crippen molar-refractivity contribution >= 4 is 12.1 Å². The number of carbonyl (C=O) groups excluding carboxylic acids is 2. The smallest absolute Gasteiger partial charge is 0.412 e. The molecule has 0 saturated heterocycles. The van der Waals surface area contributed by atoms with E-state index < -0.39 is 17.6 Å². The Hall–Kier alpha value is -2.96. The van der Waals surface area contributed by atoms with E-state index in [0.717, 1.165) is 5.56 Å². The molecular formula is C22H27NO4. The zero-order valence-electron chi connectivity index (χ0n) is 16.6. The van der Waals surface area contributed by atoms with Gasteiger partial charge >= 0.3 is 12.1 Å². The summed E-state index contributed by atoms with van der Waals surface area (Å²) in [7, 11) is 1.28. The molecule has 5 nitrogen and oxygen atoms in total. The van der Waals surface area contributed by atoms with Gasteiger partial charge in [-0.25, -0.2) is 9.59 Å². The fraction of sp³-hybridized carbons (Fsp3) is 0.409. The molecule has 0 heterocycles. The van der Waals surface area contributed by atoms with Crippen LogP contribution in [0.3, 0.4) is 0 Å². The first-order chi connectivity index (χ1) is 12.8. The Morgan fingerprint density at radius 3 is 2.48 bits per heavy atom. The molecular weight excluding hydrogens is 342 g/mol. The molecule has 0 unspecified atom stereocenters. The summed E-state index contributed by atoms with van der Waals surface area (Å²) in [4.78, 5) is 26.5. The van der Waals surface area contributed by atoms with Crippen LogP contribution >= 0.6 is 0 Å². The molecule has 1 aromatic carbocycles. The quantitative estimate of drug-likeness (QED) is 0.415. The van der Waals surface area contributed by atoms with Crippen molar-refractivity contribution < 1.29 is 19.1 Å². The van der Waals surface area contributed by atoms with Gasteiger partial charge in [0.1, 0.15) is 6.61 Å². The molecule has 0 N–H and O–H groups in total. The summed E-state index contributed by atoms with van der Waals surface area (Å²) < 4.78 is 10.3. The summed E-state index contributed by atoms with van der Waals surface area (Å²) in [6.45, 7) is 7.35. The highest BCUT2D eigenvalue weighted by Crippen LogP contribution is 2.21. The minimum Gasteiger partial charge on any atom is -0.467 e. The van der Waals surface area contributed by atoms with Gasteiger partial charge in [-0.3, -0.25) is 4.90 Å². The number of methoxy groups -OCH3 is 1. The number of carbonyl (C=O) groups is 2. The van der Waals surface area contributed by atoms with Crippen LogP contribution in [0.4, 0.5) is 4.79 Å². The van der Waals surface area contributed by atoms with Crippen LogP contribution in [0.15, 0.2) is 48.2 Å². The van der Waals surface area contributed by atoms with E-state index in [-0.39, 0.29) is 19.1 Å². The minimum absolute atomic E-state index is 0.0234. The number of esters is 1. The Balaban J connectivity index is 3.16. The van der Waals surface area contributed by atoms with E-state index in [1.165, 1.54) is 18.1 Å². The molecule has 1 atom stereocenters. The van der Waals surface area contributed by atoms with Crippen molar-refractivity contribution in [3.63, 3.8) is 0 Å². The normalized spacial score (nSPS) is 11.9. The van der Waals surface area contributed by atoms with Crippen LogP contribution in [-0.4, -0.2) is 36.2 Å². The molecule has 0 bridgehead atoms. The summed E-state index contributed by atoms with van der Waals surface area (Å²) in [5.74, 6) is 5.21. The number of hydrogen-bond acceptors (Lipinski definition) is 4. The minimum atomic E-state index is -1.39. The summed E-state index contributed by atoms with van der Waals surface area (Å²) in [6, 6.07) is 9.32. The van der Waals surface area contributed by atoms with Gasteiger partial charge < -0.3 is 9.47 Å². The molecule has 0 aromatic heterocycles. The van der Waals surface area contributed by atoms with Gasteiger partial charge in [-0.15, -0.1) is 11.7 Å². The second kappa shape index (κ2) is 10.9. The van der Waals surface area contributed by atoms with Crippen molar-refractivity contribution in [1.29, 1.82) is 0 Å². The molecule has 1 aromatic rings. The van der Waals surface area contributed by atoms with E-state index in [9.17, 15) is 9.59 Å². The highest BCUT2D eigenvalue weighted by molar-refractivity contribution is 5.87. The lowest BCUT2D eigenvalue weighted by molar-refractivity contribution is -0.150. The molecule has 0 aliphatic heterocycles. The first kappa shape index (κ1) is 22.1. The molecule has 0 aliphatic carbocycles. The van der Waals surface area contributed by atoms with Crippen molar-refractivity contribution in [2.45, 2.75) is 39.8 Å². The Morgan fingerprint density at radius 2 is 1.93 bits per heavy atom. The van der Waals surface area contributed by atoms with E-state index in [4.69, 9.17) is 9.47 Å². The van der Waals surface area contributed by atoms with Gasteiger partial charge in [0.25, 0.3) is 0 Å². The van der Waals surface area contributed by atoms with E-state index in [0.29, 0.717) is 0 Å². The van der Waals surface area contributed by atoms with Gasteiger partial charge in [0, 0.05) is 0 Å². The Labute approximate surface area is 161 Å². The van der Waals surface area contributed by atoms with Crippen LogP contribution in [0, 0.1) is 17.8 Å². The highest BCUT2D eigenvalue weighted by Gasteiger charge is 2.42. The number of amides is 1. The van der Waals surface area contributed by atoms with Crippen LogP contribution in [0.1, 0.15) is 33.3 Å². The van der Waals surface area contributed by atoms with Crippen LogP contribution in [0.5, 0.6) is 0 Å². The third-order valence-electron chi connectivity index (χ3n) is 3.79. The lowest BCUT2D eigenvalue weighted by Crippen LogP contribution is -2.54. The van der Waals surface area contributed by atoms with E-state index in [1.54, 1.807) is 19.9 Å². The molecule has 27 heavy (non-hydrogen) atoms. The molecule has 0 spiro atoms. The van der Waals surface area contributed by atoms with Gasteiger partial charge in [-0.1, -0.05) is 50.1 Å². The highest BCUT2D eigenvalue weighted by atomic mass is 16.6. The second-order valence-corrected chi connectivity index (χ2v) is 6.41.